The second-order valence-electron chi connectivity index (χ2n) is 13.8. The fourth-order valence-electron chi connectivity index (χ4n) is 5.55. The Labute approximate surface area is 377 Å². The smallest absolute Gasteiger partial charge is 0.422 e. The largest absolute Gasteiger partial charge is 0.484 e. The number of aryl methyl sites for hydroxylation is 2. The van der Waals surface area contributed by atoms with Crippen molar-refractivity contribution in [2.75, 3.05) is 24.3 Å². The van der Waals surface area contributed by atoms with E-state index in [0.29, 0.717) is 11.3 Å². The van der Waals surface area contributed by atoms with Gasteiger partial charge >= 0.3 is 12.4 Å². The van der Waals surface area contributed by atoms with Crippen LogP contribution in [0.2, 0.25) is 0 Å². The standard InChI is InChI=1S/C23H17F3N2O2S.C14H12N2S.C9H6ClF3O2.CH4/c1-14-2-11-19-20(12-14)31-22(28-19)16-3-7-17(8-4-16)27-21(29)15-5-9-18(10-6-15)30-13-23(24,25)26;1-9-2-7-12-13(8-9)17-14(16-12)10-3-5-11(15)6-4-10;10-8(14)6-1-3-7(4-2-6)15-5-9(11,12)13;/h2-12H,13H2,1H3,(H,27,29);2-8H,15H2,1H3;1-4H,5H2;1H4. The second kappa shape index (κ2) is 21.3. The molecule has 2 heterocycles. The molecule has 8 aromatic rings. The number of anilines is 2. The molecule has 2 aromatic heterocycles. The van der Waals surface area contributed by atoms with Crippen LogP contribution >= 0.6 is 34.3 Å². The van der Waals surface area contributed by atoms with E-state index in [1.54, 1.807) is 34.8 Å². The first kappa shape index (κ1) is 48.5. The van der Waals surface area contributed by atoms with Crippen molar-refractivity contribution >= 4 is 77.2 Å². The zero-order valence-electron chi connectivity index (χ0n) is 33.2. The van der Waals surface area contributed by atoms with Gasteiger partial charge in [0.05, 0.1) is 20.4 Å². The molecule has 0 aliphatic carbocycles. The minimum absolute atomic E-state index is 0. The van der Waals surface area contributed by atoms with Crippen LogP contribution in [-0.2, 0) is 0 Å². The summed E-state index contributed by atoms with van der Waals surface area (Å²) < 4.78 is 83.3. The first-order valence-electron chi connectivity index (χ1n) is 18.7. The molecule has 0 unspecified atom stereocenters. The lowest BCUT2D eigenvalue weighted by Crippen LogP contribution is -2.19. The predicted molar refractivity (Wildman–Crippen MR) is 245 cm³/mol. The molecule has 0 fully saturated rings. The Morgan fingerprint density at radius 3 is 1.42 bits per heavy atom. The monoisotopic (exact) mass is 936 g/mol. The molecule has 0 atom stereocenters. The molecule has 17 heteroatoms. The van der Waals surface area contributed by atoms with E-state index in [-0.39, 0.29) is 30.4 Å². The van der Waals surface area contributed by atoms with Crippen molar-refractivity contribution in [1.82, 2.24) is 9.97 Å². The molecule has 332 valence electrons. The van der Waals surface area contributed by atoms with E-state index in [1.807, 2.05) is 55.5 Å². The summed E-state index contributed by atoms with van der Waals surface area (Å²) in [7, 11) is 0. The van der Waals surface area contributed by atoms with Gasteiger partial charge in [-0.2, -0.15) is 26.3 Å². The van der Waals surface area contributed by atoms with Crippen LogP contribution in [0, 0.1) is 13.8 Å². The number of carbonyl (C=O) groups excluding carboxylic acids is 2. The maximum atomic E-state index is 12.4. The molecule has 0 spiro atoms. The number of rotatable bonds is 9. The van der Waals surface area contributed by atoms with Crippen LogP contribution < -0.4 is 20.5 Å². The molecule has 0 bridgehead atoms. The van der Waals surface area contributed by atoms with Gasteiger partial charge in [0, 0.05) is 33.6 Å². The maximum Gasteiger partial charge on any atom is 0.422 e. The summed E-state index contributed by atoms with van der Waals surface area (Å²) in [6.45, 7) is 1.40. The van der Waals surface area contributed by atoms with E-state index in [2.05, 4.69) is 55.9 Å². The van der Waals surface area contributed by atoms with Gasteiger partial charge < -0.3 is 20.5 Å². The lowest BCUT2D eigenvalue weighted by Gasteiger charge is -2.10. The molecule has 8 rings (SSSR count). The number of nitrogens with two attached hydrogens (primary N) is 1. The summed E-state index contributed by atoms with van der Waals surface area (Å²) in [6.07, 6.45) is -8.78. The summed E-state index contributed by atoms with van der Waals surface area (Å²) in [4.78, 5) is 32.3. The van der Waals surface area contributed by atoms with Crippen molar-refractivity contribution in [3.05, 3.63) is 156 Å². The fourth-order valence-corrected chi connectivity index (χ4v) is 7.82. The fraction of sp³-hybridized carbons (Fsp3) is 0.149. The minimum atomic E-state index is -4.41. The van der Waals surface area contributed by atoms with Crippen molar-refractivity contribution in [2.24, 2.45) is 0 Å². The maximum absolute atomic E-state index is 12.4. The number of carbonyl (C=O) groups is 2. The van der Waals surface area contributed by atoms with Gasteiger partial charge in [0.2, 0.25) is 0 Å². The average Bonchev–Trinajstić information content (AvgIpc) is 3.87. The minimum Gasteiger partial charge on any atom is -0.484 e. The Morgan fingerprint density at radius 1 is 0.609 bits per heavy atom. The summed E-state index contributed by atoms with van der Waals surface area (Å²) in [6, 6.07) is 38.2. The first-order valence-corrected chi connectivity index (χ1v) is 20.7. The van der Waals surface area contributed by atoms with Crippen LogP contribution in [0.15, 0.2) is 133 Å². The zero-order chi connectivity index (χ0) is 45.3. The molecule has 0 aliphatic rings. The summed E-state index contributed by atoms with van der Waals surface area (Å²) in [5.74, 6) is -0.288. The van der Waals surface area contributed by atoms with Crippen LogP contribution in [0.3, 0.4) is 0 Å². The van der Waals surface area contributed by atoms with Crippen LogP contribution in [0.1, 0.15) is 39.3 Å². The number of alkyl halides is 6. The number of nitrogens with zero attached hydrogens (tertiary/aromatic N) is 2. The second-order valence-corrected chi connectivity index (χ2v) is 16.2. The highest BCUT2D eigenvalue weighted by Crippen LogP contribution is 2.33. The van der Waals surface area contributed by atoms with E-state index in [9.17, 15) is 35.9 Å². The highest BCUT2D eigenvalue weighted by atomic mass is 35.5. The van der Waals surface area contributed by atoms with Crippen molar-refractivity contribution in [2.45, 2.75) is 33.6 Å². The van der Waals surface area contributed by atoms with Crippen LogP contribution in [-0.4, -0.2) is 46.7 Å². The molecule has 3 N–H and O–H groups in total. The van der Waals surface area contributed by atoms with Crippen LogP contribution in [0.5, 0.6) is 11.5 Å². The Hall–Kier alpha value is -6.49. The van der Waals surface area contributed by atoms with Gasteiger partial charge in [0.15, 0.2) is 13.2 Å². The van der Waals surface area contributed by atoms with E-state index >= 15 is 0 Å². The Kier molecular flexibility index (Phi) is 16.1. The number of hydrogen-bond donors (Lipinski definition) is 2. The molecular formula is C47H39ClF6N4O4S2. The molecule has 0 aliphatic heterocycles. The molecule has 64 heavy (non-hydrogen) atoms. The first-order chi connectivity index (χ1) is 29.9. The third kappa shape index (κ3) is 14.3. The number of hydrogen-bond acceptors (Lipinski definition) is 9. The SMILES string of the molecule is C.Cc1ccc2nc(-c3ccc(N)cc3)sc2c1.Cc1ccc2nc(-c3ccc(NC(=O)c4ccc(OCC(F)(F)F)cc4)cc3)sc2c1.O=C(Cl)c1ccc(OCC(F)(F)F)cc1. The van der Waals surface area contributed by atoms with E-state index < -0.39 is 30.8 Å². The molecule has 1 amide bonds. The highest BCUT2D eigenvalue weighted by Gasteiger charge is 2.29. The molecule has 6 aromatic carbocycles. The van der Waals surface area contributed by atoms with Crippen LogP contribution in [0.25, 0.3) is 41.6 Å². The molecule has 0 saturated carbocycles. The van der Waals surface area contributed by atoms with E-state index in [1.165, 1.54) is 64.4 Å². The van der Waals surface area contributed by atoms with Crippen molar-refractivity contribution in [3.8, 4) is 32.6 Å². The third-order valence-electron chi connectivity index (χ3n) is 8.64. The number of fused-ring (bicyclic) bond motifs is 2. The number of nitrogens with one attached hydrogen (secondary N) is 1. The number of aromatic nitrogens is 2. The van der Waals surface area contributed by atoms with Gasteiger partial charge in [-0.3, -0.25) is 9.59 Å². The summed E-state index contributed by atoms with van der Waals surface area (Å²) >= 11 is 8.47. The normalized spacial score (nSPS) is 11.1. The van der Waals surface area contributed by atoms with Gasteiger partial charge in [0.25, 0.3) is 11.1 Å². The van der Waals surface area contributed by atoms with E-state index in [0.717, 1.165) is 42.6 Å². The number of halogens is 7. The van der Waals surface area contributed by atoms with E-state index in [4.69, 9.17) is 17.3 Å². The number of thiazole rings is 2. The summed E-state index contributed by atoms with van der Waals surface area (Å²) in [5.41, 5.74) is 14.1. The van der Waals surface area contributed by atoms with Gasteiger partial charge in [-0.25, -0.2) is 9.97 Å². The summed E-state index contributed by atoms with van der Waals surface area (Å²) in [5, 5.41) is 4.04. The van der Waals surface area contributed by atoms with Crippen molar-refractivity contribution < 1.29 is 45.4 Å². The van der Waals surface area contributed by atoms with Crippen LogP contribution in [0.4, 0.5) is 37.7 Å². The van der Waals surface area contributed by atoms with Gasteiger partial charge in [-0.1, -0.05) is 19.6 Å². The number of benzene rings is 6. The predicted octanol–water partition coefficient (Wildman–Crippen LogP) is 14.0. The topological polar surface area (TPSA) is 116 Å². The Bertz CT molecular complexity index is 2810. The Balaban J connectivity index is 0.000000197. The zero-order valence-corrected chi connectivity index (χ0v) is 35.6. The van der Waals surface area contributed by atoms with Crippen molar-refractivity contribution in [1.29, 1.82) is 0 Å². The van der Waals surface area contributed by atoms with Gasteiger partial charge in [-0.15, -0.1) is 22.7 Å². The number of amides is 1. The number of ether oxygens (including phenoxy) is 2. The molecule has 0 radical (unpaired) electrons. The Morgan fingerprint density at radius 2 is 1.02 bits per heavy atom. The lowest BCUT2D eigenvalue weighted by atomic mass is 10.2. The van der Waals surface area contributed by atoms with Gasteiger partial charge in [0.1, 0.15) is 21.5 Å². The molecular weight excluding hydrogens is 898 g/mol. The number of nitrogen functional groups attached to an aromatic ring is 1. The molecule has 0 saturated heterocycles. The lowest BCUT2D eigenvalue weighted by molar-refractivity contribution is -0.154. The third-order valence-corrected chi connectivity index (χ3v) is 11.0. The van der Waals surface area contributed by atoms with Gasteiger partial charge in [-0.05, 0) is 158 Å². The quantitative estimate of drug-likeness (QED) is 0.0841. The van der Waals surface area contributed by atoms with Crippen molar-refractivity contribution in [3.63, 3.8) is 0 Å². The highest BCUT2D eigenvalue weighted by molar-refractivity contribution is 7.22. The average molecular weight is 937 g/mol. The molecule has 8 nitrogen and oxygen atoms in total.